The van der Waals surface area contributed by atoms with Crippen molar-refractivity contribution in [2.75, 3.05) is 0 Å². The predicted octanol–water partition coefficient (Wildman–Crippen LogP) is 2.44. The Balaban J connectivity index is 1.81. The molecule has 1 aliphatic heterocycles. The number of rotatable bonds is 3. The van der Waals surface area contributed by atoms with Crippen LogP contribution in [0.5, 0.6) is 0 Å². The lowest BCUT2D eigenvalue weighted by atomic mass is 10.3. The lowest BCUT2D eigenvalue weighted by Gasteiger charge is -2.11. The molecule has 1 fully saturated rings. The summed E-state index contributed by atoms with van der Waals surface area (Å²) in [6.07, 6.45) is 3.21. The van der Waals surface area contributed by atoms with Gasteiger partial charge in [0.05, 0.1) is 12.8 Å². The van der Waals surface area contributed by atoms with Gasteiger partial charge in [-0.25, -0.2) is 0 Å². The molecule has 0 radical (unpaired) electrons. The molecule has 2 aromatic heterocycles. The van der Waals surface area contributed by atoms with Gasteiger partial charge in [-0.1, -0.05) is 0 Å². The van der Waals surface area contributed by atoms with Gasteiger partial charge in [0.15, 0.2) is 5.11 Å². The molecule has 0 aliphatic carbocycles. The lowest BCUT2D eigenvalue weighted by molar-refractivity contribution is -0.122. The molecule has 0 unspecified atom stereocenters. The highest BCUT2D eigenvalue weighted by molar-refractivity contribution is 7.80. The van der Waals surface area contributed by atoms with Crippen LogP contribution in [0.2, 0.25) is 0 Å². The first-order valence-corrected chi connectivity index (χ1v) is 6.47. The van der Waals surface area contributed by atoms with Gasteiger partial charge in [-0.2, -0.15) is 0 Å². The average molecular weight is 288 g/mol. The third-order valence-electron chi connectivity index (χ3n) is 2.90. The molecule has 1 saturated heterocycles. The summed E-state index contributed by atoms with van der Waals surface area (Å²) >= 11 is 5.17. The second-order valence-electron chi connectivity index (χ2n) is 4.41. The van der Waals surface area contributed by atoms with E-state index in [1.54, 1.807) is 30.5 Å². The molecule has 20 heavy (non-hydrogen) atoms. The smallest absolute Gasteiger partial charge is 0.277 e. The van der Waals surface area contributed by atoms with Gasteiger partial charge in [-0.3, -0.25) is 9.69 Å². The van der Waals surface area contributed by atoms with Crippen molar-refractivity contribution in [3.63, 3.8) is 0 Å². The van der Waals surface area contributed by atoms with Crippen molar-refractivity contribution < 1.29 is 13.6 Å². The van der Waals surface area contributed by atoms with Crippen LogP contribution in [0.3, 0.4) is 0 Å². The van der Waals surface area contributed by atoms with E-state index in [1.807, 2.05) is 13.0 Å². The fourth-order valence-electron chi connectivity index (χ4n) is 1.95. The second-order valence-corrected chi connectivity index (χ2v) is 4.79. The van der Waals surface area contributed by atoms with E-state index in [9.17, 15) is 4.79 Å². The minimum Gasteiger partial charge on any atom is -0.467 e. The minimum atomic E-state index is -0.194. The standard InChI is InChI=1S/C14H12N2O3S/c1-9-4-5-10(19-9)7-12-13(17)16(14(20)15-12)8-11-3-2-6-18-11/h2-7H,8H2,1H3,(H,15,20)/b12-7-. The number of thiocarbonyl (C=S) groups is 1. The van der Waals surface area contributed by atoms with Crippen LogP contribution in [0, 0.1) is 6.92 Å². The molecule has 5 nitrogen and oxygen atoms in total. The van der Waals surface area contributed by atoms with Crippen molar-refractivity contribution in [3.05, 3.63) is 53.5 Å². The summed E-state index contributed by atoms with van der Waals surface area (Å²) in [7, 11) is 0. The summed E-state index contributed by atoms with van der Waals surface area (Å²) < 4.78 is 10.7. The number of amides is 1. The van der Waals surface area contributed by atoms with Gasteiger partial charge in [0.2, 0.25) is 0 Å². The fourth-order valence-corrected chi connectivity index (χ4v) is 2.20. The SMILES string of the molecule is Cc1ccc(/C=C2\NC(=S)N(Cc3ccco3)C2=O)o1. The molecule has 0 bridgehead atoms. The van der Waals surface area contributed by atoms with Crippen LogP contribution in [0.4, 0.5) is 0 Å². The Morgan fingerprint density at radius 3 is 2.90 bits per heavy atom. The highest BCUT2D eigenvalue weighted by atomic mass is 32.1. The summed E-state index contributed by atoms with van der Waals surface area (Å²) in [6, 6.07) is 7.21. The number of furan rings is 2. The lowest BCUT2D eigenvalue weighted by Crippen LogP contribution is -2.29. The van der Waals surface area contributed by atoms with E-state index in [2.05, 4.69) is 5.32 Å². The molecule has 0 aromatic carbocycles. The average Bonchev–Trinajstić information content (AvgIpc) is 3.10. The largest absolute Gasteiger partial charge is 0.467 e. The Hall–Kier alpha value is -2.34. The third-order valence-corrected chi connectivity index (χ3v) is 3.23. The Kier molecular flexibility index (Phi) is 3.15. The Labute approximate surface area is 120 Å². The fraction of sp³-hybridized carbons (Fsp3) is 0.143. The molecule has 1 amide bonds. The van der Waals surface area contributed by atoms with Gasteiger partial charge in [-0.15, -0.1) is 0 Å². The molecule has 1 N–H and O–H groups in total. The maximum Gasteiger partial charge on any atom is 0.277 e. The summed E-state index contributed by atoms with van der Waals surface area (Å²) in [5.74, 6) is 1.89. The molecule has 2 aromatic rings. The normalized spacial score (nSPS) is 17.1. The third kappa shape index (κ3) is 2.37. The van der Waals surface area contributed by atoms with E-state index in [1.165, 1.54) is 4.90 Å². The van der Waals surface area contributed by atoms with E-state index in [0.29, 0.717) is 28.9 Å². The van der Waals surface area contributed by atoms with Gasteiger partial charge in [0, 0.05) is 6.08 Å². The molecule has 1 aliphatic rings. The molecule has 102 valence electrons. The van der Waals surface area contributed by atoms with Crippen LogP contribution in [0.1, 0.15) is 17.3 Å². The molecular formula is C14H12N2O3S. The van der Waals surface area contributed by atoms with Crippen LogP contribution >= 0.6 is 12.2 Å². The second kappa shape index (κ2) is 4.97. The summed E-state index contributed by atoms with van der Waals surface area (Å²) in [5.41, 5.74) is 0.399. The van der Waals surface area contributed by atoms with Crippen molar-refractivity contribution >= 4 is 29.3 Å². The summed E-state index contributed by atoms with van der Waals surface area (Å²) in [6.45, 7) is 2.16. The highest BCUT2D eigenvalue weighted by Crippen LogP contribution is 2.18. The predicted molar refractivity (Wildman–Crippen MR) is 76.4 cm³/mol. The number of carbonyl (C=O) groups excluding carboxylic acids is 1. The monoisotopic (exact) mass is 288 g/mol. The van der Waals surface area contributed by atoms with Crippen molar-refractivity contribution in [1.82, 2.24) is 10.2 Å². The molecule has 3 rings (SSSR count). The number of hydrogen-bond donors (Lipinski definition) is 1. The highest BCUT2D eigenvalue weighted by Gasteiger charge is 2.31. The maximum absolute atomic E-state index is 12.3. The zero-order valence-corrected chi connectivity index (χ0v) is 11.6. The van der Waals surface area contributed by atoms with E-state index in [-0.39, 0.29) is 5.91 Å². The first kappa shape index (κ1) is 12.7. The van der Waals surface area contributed by atoms with E-state index in [0.717, 1.165) is 5.76 Å². The molecule has 0 atom stereocenters. The molecular weight excluding hydrogens is 276 g/mol. The zero-order valence-electron chi connectivity index (χ0n) is 10.8. The Bertz CT molecular complexity index is 685. The van der Waals surface area contributed by atoms with Gasteiger partial charge >= 0.3 is 0 Å². The first-order chi connectivity index (χ1) is 9.63. The van der Waals surface area contributed by atoms with Crippen LogP contribution < -0.4 is 5.32 Å². The molecule has 6 heteroatoms. The summed E-state index contributed by atoms with van der Waals surface area (Å²) in [4.78, 5) is 13.7. The number of aryl methyl sites for hydroxylation is 1. The van der Waals surface area contributed by atoms with E-state index < -0.39 is 0 Å². The minimum absolute atomic E-state index is 0.194. The Morgan fingerprint density at radius 1 is 1.40 bits per heavy atom. The summed E-state index contributed by atoms with van der Waals surface area (Å²) in [5, 5.41) is 3.25. The topological polar surface area (TPSA) is 58.6 Å². The zero-order chi connectivity index (χ0) is 14.1. The van der Waals surface area contributed by atoms with Crippen molar-refractivity contribution in [2.45, 2.75) is 13.5 Å². The van der Waals surface area contributed by atoms with E-state index >= 15 is 0 Å². The van der Waals surface area contributed by atoms with Crippen molar-refractivity contribution in [1.29, 1.82) is 0 Å². The van der Waals surface area contributed by atoms with Crippen LogP contribution in [0.25, 0.3) is 6.08 Å². The van der Waals surface area contributed by atoms with Gasteiger partial charge in [0.25, 0.3) is 5.91 Å². The van der Waals surface area contributed by atoms with E-state index in [4.69, 9.17) is 21.1 Å². The van der Waals surface area contributed by atoms with Gasteiger partial charge in [0.1, 0.15) is 23.0 Å². The number of nitrogens with one attached hydrogen (secondary N) is 1. The van der Waals surface area contributed by atoms with Crippen LogP contribution in [-0.2, 0) is 11.3 Å². The molecule has 0 saturated carbocycles. The quantitative estimate of drug-likeness (QED) is 0.694. The molecule has 3 heterocycles. The van der Waals surface area contributed by atoms with Crippen LogP contribution in [-0.4, -0.2) is 15.9 Å². The first-order valence-electron chi connectivity index (χ1n) is 6.07. The maximum atomic E-state index is 12.3. The Morgan fingerprint density at radius 2 is 2.25 bits per heavy atom. The number of nitrogens with zero attached hydrogens (tertiary/aromatic N) is 1. The van der Waals surface area contributed by atoms with Crippen molar-refractivity contribution in [2.24, 2.45) is 0 Å². The van der Waals surface area contributed by atoms with Gasteiger partial charge in [-0.05, 0) is 43.4 Å². The van der Waals surface area contributed by atoms with Gasteiger partial charge < -0.3 is 14.2 Å². The van der Waals surface area contributed by atoms with Crippen molar-refractivity contribution in [3.8, 4) is 0 Å². The number of hydrogen-bond acceptors (Lipinski definition) is 4. The molecule has 0 spiro atoms. The van der Waals surface area contributed by atoms with Crippen LogP contribution in [0.15, 0.2) is 45.1 Å². The number of carbonyl (C=O) groups is 1.